The maximum atomic E-state index is 12.8. The molecule has 0 unspecified atom stereocenters. The highest BCUT2D eigenvalue weighted by molar-refractivity contribution is 5.82. The Labute approximate surface area is 175 Å². The van der Waals surface area contributed by atoms with Crippen molar-refractivity contribution in [3.63, 3.8) is 0 Å². The highest BCUT2D eigenvalue weighted by atomic mass is 19.4. The van der Waals surface area contributed by atoms with Crippen molar-refractivity contribution in [3.8, 4) is 34.1 Å². The van der Waals surface area contributed by atoms with Gasteiger partial charge in [-0.3, -0.25) is 4.79 Å². The van der Waals surface area contributed by atoms with E-state index in [0.717, 1.165) is 12.1 Å². The molecule has 8 heteroatoms. The first-order chi connectivity index (χ1) is 14.7. The van der Waals surface area contributed by atoms with Crippen LogP contribution in [0.2, 0.25) is 0 Å². The van der Waals surface area contributed by atoms with E-state index in [1.807, 2.05) is 0 Å². The number of fused-ring (bicyclic) bond motifs is 1. The van der Waals surface area contributed by atoms with Gasteiger partial charge in [0.05, 0.1) is 12.7 Å². The maximum absolute atomic E-state index is 12.8. The molecular weight excluding hydrogens is 411 g/mol. The van der Waals surface area contributed by atoms with Crippen LogP contribution in [-0.2, 0) is 11.0 Å². The lowest BCUT2D eigenvalue weighted by atomic mass is 10.0. The zero-order valence-electron chi connectivity index (χ0n) is 16.5. The van der Waals surface area contributed by atoms with Gasteiger partial charge < -0.3 is 13.9 Å². The molecule has 4 rings (SSSR count). The molecule has 0 spiro atoms. The van der Waals surface area contributed by atoms with Gasteiger partial charge in [0.2, 0.25) is 5.89 Å². The van der Waals surface area contributed by atoms with Gasteiger partial charge >= 0.3 is 12.1 Å². The lowest BCUT2D eigenvalue weighted by Crippen LogP contribution is -2.03. The van der Waals surface area contributed by atoms with Crippen LogP contribution in [0.1, 0.15) is 12.5 Å². The van der Waals surface area contributed by atoms with Crippen molar-refractivity contribution >= 4 is 17.1 Å². The number of halogens is 3. The number of nitrogens with zero attached hydrogens (tertiary/aromatic N) is 1. The molecule has 0 aliphatic carbocycles. The number of oxazole rings is 1. The van der Waals surface area contributed by atoms with Crippen LogP contribution in [0, 0.1) is 0 Å². The van der Waals surface area contributed by atoms with Crippen LogP contribution in [0.25, 0.3) is 33.7 Å². The van der Waals surface area contributed by atoms with Crippen molar-refractivity contribution in [1.29, 1.82) is 0 Å². The van der Waals surface area contributed by atoms with E-state index in [1.165, 1.54) is 26.2 Å². The molecule has 4 aromatic rings. The van der Waals surface area contributed by atoms with Crippen molar-refractivity contribution in [2.75, 3.05) is 7.11 Å². The molecule has 31 heavy (non-hydrogen) atoms. The molecule has 1 aromatic heterocycles. The molecule has 0 saturated heterocycles. The third-order valence-electron chi connectivity index (χ3n) is 4.60. The first-order valence-corrected chi connectivity index (χ1v) is 9.19. The normalized spacial score (nSPS) is 11.5. The summed E-state index contributed by atoms with van der Waals surface area (Å²) in [6, 6.07) is 15.0. The molecule has 0 saturated carbocycles. The van der Waals surface area contributed by atoms with Crippen LogP contribution in [0.4, 0.5) is 13.2 Å². The van der Waals surface area contributed by atoms with Crippen molar-refractivity contribution in [2.45, 2.75) is 13.1 Å². The van der Waals surface area contributed by atoms with Crippen molar-refractivity contribution in [2.24, 2.45) is 0 Å². The zero-order valence-corrected chi connectivity index (χ0v) is 16.5. The number of aromatic nitrogens is 1. The largest absolute Gasteiger partial charge is 0.493 e. The van der Waals surface area contributed by atoms with Gasteiger partial charge in [0, 0.05) is 12.5 Å². The number of esters is 1. The number of benzene rings is 3. The third kappa shape index (κ3) is 4.23. The van der Waals surface area contributed by atoms with Gasteiger partial charge in [0.25, 0.3) is 0 Å². The lowest BCUT2D eigenvalue weighted by molar-refractivity contribution is -0.137. The minimum atomic E-state index is -4.38. The average Bonchev–Trinajstić information content (AvgIpc) is 3.16. The monoisotopic (exact) mass is 427 g/mol. The van der Waals surface area contributed by atoms with Gasteiger partial charge in [-0.25, -0.2) is 4.98 Å². The minimum Gasteiger partial charge on any atom is -0.493 e. The number of rotatable bonds is 4. The predicted octanol–water partition coefficient (Wildman–Crippen LogP) is 6.11. The van der Waals surface area contributed by atoms with E-state index in [-0.39, 0.29) is 5.75 Å². The fourth-order valence-corrected chi connectivity index (χ4v) is 3.12. The van der Waals surface area contributed by atoms with Crippen molar-refractivity contribution < 1.29 is 31.9 Å². The number of carbonyl (C=O) groups is 1. The molecule has 0 fully saturated rings. The Morgan fingerprint density at radius 2 is 1.58 bits per heavy atom. The van der Waals surface area contributed by atoms with E-state index in [1.54, 1.807) is 36.4 Å². The van der Waals surface area contributed by atoms with Crippen LogP contribution >= 0.6 is 0 Å². The van der Waals surface area contributed by atoms with Gasteiger partial charge in [-0.2, -0.15) is 13.2 Å². The quantitative estimate of drug-likeness (QED) is 0.290. The Morgan fingerprint density at radius 3 is 2.23 bits per heavy atom. The molecule has 0 bridgehead atoms. The summed E-state index contributed by atoms with van der Waals surface area (Å²) < 4.78 is 54.6. The Kier molecular flexibility index (Phi) is 5.14. The minimum absolute atomic E-state index is 0.277. The first kappa shape index (κ1) is 20.5. The van der Waals surface area contributed by atoms with E-state index in [0.29, 0.717) is 39.4 Å². The molecule has 1 heterocycles. The van der Waals surface area contributed by atoms with E-state index in [4.69, 9.17) is 13.9 Å². The number of alkyl halides is 3. The lowest BCUT2D eigenvalue weighted by Gasteiger charge is -2.08. The molecule has 0 atom stereocenters. The van der Waals surface area contributed by atoms with Gasteiger partial charge in [-0.15, -0.1) is 0 Å². The van der Waals surface area contributed by atoms with Gasteiger partial charge in [0.15, 0.2) is 17.1 Å². The second-order valence-corrected chi connectivity index (χ2v) is 6.74. The summed E-state index contributed by atoms with van der Waals surface area (Å²) in [6.45, 7) is 1.29. The summed E-state index contributed by atoms with van der Waals surface area (Å²) in [5.41, 5.74) is 2.31. The summed E-state index contributed by atoms with van der Waals surface area (Å²) in [5.74, 6) is 0.482. The number of hydrogen-bond donors (Lipinski definition) is 0. The molecule has 0 N–H and O–H groups in total. The topological polar surface area (TPSA) is 61.6 Å². The summed E-state index contributed by atoms with van der Waals surface area (Å²) in [5, 5.41) is 0. The molecule has 158 valence electrons. The molecule has 0 amide bonds. The second-order valence-electron chi connectivity index (χ2n) is 6.74. The van der Waals surface area contributed by atoms with Gasteiger partial charge in [-0.1, -0.05) is 18.2 Å². The molecule has 5 nitrogen and oxygen atoms in total. The van der Waals surface area contributed by atoms with Crippen LogP contribution in [0.3, 0.4) is 0 Å². The Hall–Kier alpha value is -3.81. The SMILES string of the molecule is COc1cc(-c2nc3ccc(-c4ccc(C(F)(F)F)cc4)cc3o2)ccc1OC(C)=O. The second kappa shape index (κ2) is 7.79. The predicted molar refractivity (Wildman–Crippen MR) is 108 cm³/mol. The van der Waals surface area contributed by atoms with E-state index >= 15 is 0 Å². The van der Waals surface area contributed by atoms with Crippen LogP contribution in [0.5, 0.6) is 11.5 Å². The van der Waals surface area contributed by atoms with E-state index < -0.39 is 17.7 Å². The van der Waals surface area contributed by atoms with Crippen molar-refractivity contribution in [3.05, 3.63) is 66.2 Å². The smallest absolute Gasteiger partial charge is 0.416 e. The molecule has 0 radical (unpaired) electrons. The number of carbonyl (C=O) groups excluding carboxylic acids is 1. The summed E-state index contributed by atoms with van der Waals surface area (Å²) in [7, 11) is 1.45. The third-order valence-corrected chi connectivity index (χ3v) is 4.60. The van der Waals surface area contributed by atoms with Crippen LogP contribution in [-0.4, -0.2) is 18.1 Å². The first-order valence-electron chi connectivity index (χ1n) is 9.19. The van der Waals surface area contributed by atoms with Crippen LogP contribution in [0.15, 0.2) is 65.1 Å². The Bertz CT molecular complexity index is 1260. The molecule has 0 aliphatic rings. The van der Waals surface area contributed by atoms with E-state index in [2.05, 4.69) is 4.98 Å². The molecule has 0 aliphatic heterocycles. The fourth-order valence-electron chi connectivity index (χ4n) is 3.12. The average molecular weight is 427 g/mol. The highest BCUT2D eigenvalue weighted by Crippen LogP contribution is 2.35. The van der Waals surface area contributed by atoms with Crippen LogP contribution < -0.4 is 9.47 Å². The summed E-state index contributed by atoms with van der Waals surface area (Å²) in [6.07, 6.45) is -4.38. The number of methoxy groups -OCH3 is 1. The summed E-state index contributed by atoms with van der Waals surface area (Å²) >= 11 is 0. The fraction of sp³-hybridized carbons (Fsp3) is 0.130. The molecule has 3 aromatic carbocycles. The Morgan fingerprint density at radius 1 is 0.903 bits per heavy atom. The number of hydrogen-bond acceptors (Lipinski definition) is 5. The molecular formula is C23H16F3NO4. The maximum Gasteiger partial charge on any atom is 0.416 e. The summed E-state index contributed by atoms with van der Waals surface area (Å²) in [4.78, 5) is 15.7. The van der Waals surface area contributed by atoms with Gasteiger partial charge in [-0.05, 0) is 53.6 Å². The van der Waals surface area contributed by atoms with Crippen molar-refractivity contribution in [1.82, 2.24) is 4.98 Å². The van der Waals surface area contributed by atoms with Gasteiger partial charge in [0.1, 0.15) is 5.52 Å². The Balaban J connectivity index is 1.67. The highest BCUT2D eigenvalue weighted by Gasteiger charge is 2.30. The zero-order chi connectivity index (χ0) is 22.2. The standard InChI is InChI=1S/C23H16F3NO4/c1-13(28)30-19-10-6-16(12-21(19)29-2)22-27-18-9-5-15(11-20(18)31-22)14-3-7-17(8-4-14)23(24,25)26/h3-12H,1-2H3. The van der Waals surface area contributed by atoms with E-state index in [9.17, 15) is 18.0 Å². The number of ether oxygens (including phenoxy) is 2.